The summed E-state index contributed by atoms with van der Waals surface area (Å²) >= 11 is 0. The number of nitrogens with two attached hydrogens (primary N) is 4. The molecule has 5 rings (SSSR count). The number of guanidine groups is 2. The first-order chi connectivity index (χ1) is 25.7. The first-order valence-electron chi connectivity index (χ1n) is 19.3. The van der Waals surface area contributed by atoms with Crippen LogP contribution < -0.4 is 22.9 Å². The normalized spacial score (nSPS) is 34.8. The van der Waals surface area contributed by atoms with Crippen molar-refractivity contribution >= 4 is 41.9 Å². The van der Waals surface area contributed by atoms with E-state index in [4.69, 9.17) is 22.9 Å². The summed E-state index contributed by atoms with van der Waals surface area (Å²) in [7, 11) is 0. The van der Waals surface area contributed by atoms with Gasteiger partial charge in [-0.05, 0) is 147 Å². The van der Waals surface area contributed by atoms with Gasteiger partial charge in [0.15, 0.2) is 11.9 Å². The summed E-state index contributed by atoms with van der Waals surface area (Å²) in [5, 5.41) is 45.0. The molecule has 0 radical (unpaired) electrons. The molecule has 0 bridgehead atoms. The lowest BCUT2D eigenvalue weighted by Crippen LogP contribution is -2.63. The molecule has 0 heterocycles. The number of aliphatic hydroxyl groups excluding tert-OH is 2. The Hall–Kier alpha value is -4.51. The van der Waals surface area contributed by atoms with Gasteiger partial charge in [-0.25, -0.2) is 0 Å². The van der Waals surface area contributed by atoms with E-state index >= 15 is 0 Å². The number of carbonyl (C=O) groups is 3. The highest BCUT2D eigenvalue weighted by atomic mass is 16.4. The van der Waals surface area contributed by atoms with Crippen LogP contribution in [0.5, 0.6) is 0 Å². The molecule has 4 aliphatic carbocycles. The number of aliphatic carboxylic acids is 1. The predicted octanol–water partition coefficient (Wildman–Crippen LogP) is 3.28. The first-order valence-corrected chi connectivity index (χ1v) is 19.3. The number of carboxylic acids is 1. The predicted molar refractivity (Wildman–Crippen MR) is 211 cm³/mol. The van der Waals surface area contributed by atoms with Crippen molar-refractivity contribution in [3.05, 3.63) is 46.0 Å². The monoisotopic (exact) mass is 758 g/mol. The average molecular weight is 759 g/mol. The van der Waals surface area contributed by atoms with E-state index in [9.17, 15) is 34.8 Å². The number of carboxylic acid groups (broad SMARTS) is 1. The van der Waals surface area contributed by atoms with Crippen LogP contribution in [-0.2, 0) is 14.4 Å². The van der Waals surface area contributed by atoms with Gasteiger partial charge >= 0.3 is 5.97 Å². The van der Waals surface area contributed by atoms with E-state index in [0.717, 1.165) is 12.8 Å². The minimum absolute atomic E-state index is 0.0130. The molecule has 298 valence electrons. The second-order valence-corrected chi connectivity index (χ2v) is 17.2. The minimum Gasteiger partial charge on any atom is -0.481 e. The van der Waals surface area contributed by atoms with Crippen molar-refractivity contribution in [2.24, 2.45) is 79.3 Å². The van der Waals surface area contributed by atoms with Crippen LogP contribution in [-0.4, -0.2) is 67.9 Å². The fourth-order valence-corrected chi connectivity index (χ4v) is 10.9. The molecule has 13 heteroatoms. The summed E-state index contributed by atoms with van der Waals surface area (Å²) < 4.78 is 0. The highest BCUT2D eigenvalue weighted by Gasteiger charge is 2.66. The molecule has 13 nitrogen and oxygen atoms in total. The summed E-state index contributed by atoms with van der Waals surface area (Å²) in [5.74, 6) is 4.08. The largest absolute Gasteiger partial charge is 0.481 e. The van der Waals surface area contributed by atoms with Gasteiger partial charge in [0.25, 0.3) is 11.8 Å². The molecule has 4 aliphatic rings. The molecule has 0 aliphatic heterocycles. The van der Waals surface area contributed by atoms with Gasteiger partial charge in [-0.15, -0.1) is 0 Å². The third kappa shape index (κ3) is 8.52. The second-order valence-electron chi connectivity index (χ2n) is 17.2. The van der Waals surface area contributed by atoms with Crippen LogP contribution in [0.3, 0.4) is 0 Å². The van der Waals surface area contributed by atoms with Crippen LogP contribution in [0.25, 0.3) is 12.2 Å². The van der Waals surface area contributed by atoms with E-state index in [1.54, 1.807) is 44.2 Å². The maximum Gasteiger partial charge on any atom is 0.303 e. The molecule has 4 fully saturated rings. The molecular weight excluding hydrogens is 700 g/mol. The highest BCUT2D eigenvalue weighted by molar-refractivity contribution is 6.05. The Kier molecular flexibility index (Phi) is 12.1. The molecule has 4 saturated carbocycles. The topological polar surface area (TPSA) is 261 Å². The Balaban J connectivity index is 1.40. The van der Waals surface area contributed by atoms with Crippen molar-refractivity contribution in [3.63, 3.8) is 0 Å². The van der Waals surface area contributed by atoms with Crippen molar-refractivity contribution in [1.29, 1.82) is 0 Å². The highest BCUT2D eigenvalue weighted by Crippen LogP contribution is 2.69. The van der Waals surface area contributed by atoms with Crippen molar-refractivity contribution in [2.45, 2.75) is 110 Å². The summed E-state index contributed by atoms with van der Waals surface area (Å²) in [5.41, 5.74) is 21.8. The summed E-state index contributed by atoms with van der Waals surface area (Å²) in [6.07, 6.45) is 7.17. The smallest absolute Gasteiger partial charge is 0.303 e. The van der Waals surface area contributed by atoms with Gasteiger partial charge in [0, 0.05) is 23.1 Å². The average Bonchev–Trinajstić information content (AvgIpc) is 3.46. The second kappa shape index (κ2) is 15.9. The molecule has 0 spiro atoms. The van der Waals surface area contributed by atoms with Crippen molar-refractivity contribution in [2.75, 3.05) is 0 Å². The van der Waals surface area contributed by atoms with E-state index in [1.165, 1.54) is 0 Å². The maximum atomic E-state index is 12.6. The van der Waals surface area contributed by atoms with Gasteiger partial charge in [0.1, 0.15) is 5.60 Å². The standard InChI is InChI=1S/C42H58N6O7/c1-22(6-11-34(51)52)29-9-10-30-35-31(20-33(50)41(29,30)5)40(4)14-15-42(55,21-28(40)19-32(35)49)13-12-25-7-8-26(16-23(2)36(53)47-38(43)44)27(18-25)17-24(3)37(54)48-39(45)46/h7-8,16-18,22,28-33,35,49-50,55H,6,9-11,14-15,19-21H2,1-5H3,(H,51,52)(H4,43,44,47,53)(H4,45,46,48,54)/b23-16-,24-17-/t22?,28?,29?,30?,31?,32-,33+,35?,40+,41-,42-/m1/s1. The third-order valence-electron chi connectivity index (χ3n) is 13.8. The molecule has 2 amide bonds. The minimum atomic E-state index is -1.31. The number of hydrogen-bond acceptors (Lipinski definition) is 6. The van der Waals surface area contributed by atoms with Gasteiger partial charge in [-0.2, -0.15) is 9.98 Å². The molecule has 0 aromatic heterocycles. The Bertz CT molecular complexity index is 1890. The molecule has 11 atom stereocenters. The number of fused-ring (bicyclic) bond motifs is 5. The lowest BCUT2D eigenvalue weighted by Gasteiger charge is -2.64. The van der Waals surface area contributed by atoms with E-state index in [2.05, 4.69) is 42.6 Å². The van der Waals surface area contributed by atoms with Crippen LogP contribution >= 0.6 is 0 Å². The number of hydrogen-bond donors (Lipinski definition) is 8. The van der Waals surface area contributed by atoms with E-state index in [0.29, 0.717) is 55.2 Å². The molecule has 0 saturated heterocycles. The number of benzene rings is 1. The summed E-state index contributed by atoms with van der Waals surface area (Å²) in [4.78, 5) is 43.6. The maximum absolute atomic E-state index is 12.6. The molecule has 6 unspecified atom stereocenters. The van der Waals surface area contributed by atoms with Gasteiger partial charge in [-0.3, -0.25) is 14.4 Å². The van der Waals surface area contributed by atoms with Crippen LogP contribution in [0.1, 0.15) is 109 Å². The van der Waals surface area contributed by atoms with Crippen LogP contribution in [0, 0.1) is 58.2 Å². The van der Waals surface area contributed by atoms with Crippen LogP contribution in [0.4, 0.5) is 0 Å². The molecule has 55 heavy (non-hydrogen) atoms. The zero-order chi connectivity index (χ0) is 40.6. The quantitative estimate of drug-likeness (QED) is 0.0826. The number of carbonyl (C=O) groups excluding carboxylic acids is 2. The summed E-state index contributed by atoms with van der Waals surface area (Å²) in [6.45, 7) is 9.67. The van der Waals surface area contributed by atoms with Gasteiger partial charge < -0.3 is 43.4 Å². The zero-order valence-corrected chi connectivity index (χ0v) is 32.6. The zero-order valence-electron chi connectivity index (χ0n) is 32.6. The van der Waals surface area contributed by atoms with Crippen molar-refractivity contribution in [1.82, 2.24) is 0 Å². The number of aliphatic imine (C=N–C) groups is 2. The van der Waals surface area contributed by atoms with Gasteiger partial charge in [-0.1, -0.05) is 38.7 Å². The number of rotatable bonds is 8. The lowest BCUT2D eigenvalue weighted by atomic mass is 9.42. The van der Waals surface area contributed by atoms with E-state index in [1.807, 2.05) is 0 Å². The fraction of sp³-hybridized carbons (Fsp3) is 0.595. The lowest BCUT2D eigenvalue weighted by molar-refractivity contribution is -0.211. The van der Waals surface area contributed by atoms with Gasteiger partial charge in [0.05, 0.1) is 12.2 Å². The molecule has 1 aromatic rings. The third-order valence-corrected chi connectivity index (χ3v) is 13.8. The molecule has 12 N–H and O–H groups in total. The Morgan fingerprint density at radius 1 is 0.927 bits per heavy atom. The van der Waals surface area contributed by atoms with Gasteiger partial charge in [0.2, 0.25) is 0 Å². The Labute approximate surface area is 323 Å². The SMILES string of the molecule is C/C(=C/c1ccc(C#C[C@@]2(O)CC[C@@]3(C)C(C[C@@H](O)C4C3C[C@H](O)[C@]3(C)C(C(C)CCC(=O)O)CCC43)C2)cc1/C=C(/C)C(=O)N=C(N)N)C(=O)N=C(N)N. The van der Waals surface area contributed by atoms with Crippen LogP contribution in [0.15, 0.2) is 39.3 Å². The number of aliphatic hydroxyl groups is 3. The van der Waals surface area contributed by atoms with E-state index in [-0.39, 0.29) is 75.8 Å². The number of nitrogens with zero attached hydrogens (tertiary/aromatic N) is 2. The van der Waals surface area contributed by atoms with E-state index < -0.39 is 35.6 Å². The van der Waals surface area contributed by atoms with Crippen LogP contribution in [0.2, 0.25) is 0 Å². The first kappa shape index (κ1) is 41.6. The summed E-state index contributed by atoms with van der Waals surface area (Å²) in [6, 6.07) is 5.24. The Morgan fingerprint density at radius 2 is 1.55 bits per heavy atom. The molecule has 1 aromatic carbocycles. The van der Waals surface area contributed by atoms with Crippen molar-refractivity contribution in [3.8, 4) is 11.8 Å². The van der Waals surface area contributed by atoms with Crippen molar-refractivity contribution < 1.29 is 34.8 Å². The fourth-order valence-electron chi connectivity index (χ4n) is 10.9. The Morgan fingerprint density at radius 3 is 2.15 bits per heavy atom. The molecular formula is C42H58N6O7. The number of amides is 2.